The van der Waals surface area contributed by atoms with E-state index in [0.29, 0.717) is 33.0 Å². The van der Waals surface area contributed by atoms with Crippen LogP contribution in [-0.4, -0.2) is 75.9 Å². The van der Waals surface area contributed by atoms with Gasteiger partial charge in [0.15, 0.2) is 0 Å². The first-order valence-electron chi connectivity index (χ1n) is 27.3. The molecule has 0 spiro atoms. The monoisotopic (exact) mass is 1190 g/mol. The van der Waals surface area contributed by atoms with Crippen molar-refractivity contribution in [2.24, 2.45) is 4.99 Å². The maximum absolute atomic E-state index is 8.90. The summed E-state index contributed by atoms with van der Waals surface area (Å²) in [6.45, 7) is 5.92. The van der Waals surface area contributed by atoms with Crippen LogP contribution in [0.4, 0.5) is 0 Å². The van der Waals surface area contributed by atoms with E-state index in [4.69, 9.17) is 27.2 Å². The van der Waals surface area contributed by atoms with Gasteiger partial charge in [0.25, 0.3) is 0 Å². The Morgan fingerprint density at radius 2 is 0.866 bits per heavy atom. The minimum atomic E-state index is -0.427. The second kappa shape index (κ2) is 40.4. The molecule has 1 aliphatic carbocycles. The molecule has 0 amide bonds. The van der Waals surface area contributed by atoms with Gasteiger partial charge in [-0.2, -0.15) is 12.6 Å². The number of aliphatic hydroxyl groups excluding tert-OH is 1. The first kappa shape index (κ1) is 69.6. The molecule has 6 nitrogen and oxygen atoms in total. The maximum atomic E-state index is 8.90. The van der Waals surface area contributed by atoms with Crippen molar-refractivity contribution in [2.75, 3.05) is 65.1 Å². The Kier molecular flexibility index (Phi) is 34.3. The number of nitrogens with zero attached hydrogens (tertiary/aromatic N) is 1. The van der Waals surface area contributed by atoms with Crippen molar-refractivity contribution in [3.05, 3.63) is 329 Å². The number of hydrogen-bond acceptors (Lipinski definition) is 7. The molecular weight excluding hydrogens is 1120 g/mol. The predicted octanol–water partition coefficient (Wildman–Crippen LogP) is 8.50. The van der Waals surface area contributed by atoms with Gasteiger partial charge >= 0.3 is 51.4 Å². The van der Waals surface area contributed by atoms with Crippen LogP contribution in [0.15, 0.2) is 278 Å². The van der Waals surface area contributed by atoms with Gasteiger partial charge in [0.05, 0.1) is 74.5 Å². The summed E-state index contributed by atoms with van der Waals surface area (Å²) < 4.78 is 15.1. The Balaban J connectivity index is 0.000000239. The second-order valence-corrected chi connectivity index (χ2v) is 20.4. The summed E-state index contributed by atoms with van der Waals surface area (Å²) in [5, 5.41) is 8.90. The van der Waals surface area contributed by atoms with Crippen molar-refractivity contribution in [1.82, 2.24) is 0 Å². The van der Waals surface area contributed by atoms with E-state index in [0.717, 1.165) is 42.3 Å². The third kappa shape index (κ3) is 21.9. The van der Waals surface area contributed by atoms with Gasteiger partial charge in [-0.1, -0.05) is 279 Å². The van der Waals surface area contributed by atoms with E-state index < -0.39 is 4.75 Å². The first-order chi connectivity index (χ1) is 39.1. The SMILES string of the molecule is C1=Cc2ccccc2CC1.C1CO1.Cl.OCCN=C(c1ccccc1)c1ccccc1.SC(c1ccccc1)(c1ccccc1)c1ccccc1.[Cl-].[K+].[NH3+]CCOCCOCCSC(c1ccccc1)(c1ccccc1)c1ccccc1. The fraction of sp³-hybridized carbons (Fsp3) is 0.197. The van der Waals surface area contributed by atoms with Crippen LogP contribution in [-0.2, 0) is 30.1 Å². The van der Waals surface area contributed by atoms with Gasteiger partial charge in [0.1, 0.15) is 0 Å². The predicted molar refractivity (Wildman–Crippen MR) is 342 cm³/mol. The van der Waals surface area contributed by atoms with E-state index in [1.54, 1.807) is 0 Å². The Labute approximate surface area is 552 Å². The van der Waals surface area contributed by atoms with E-state index in [2.05, 4.69) is 216 Å². The van der Waals surface area contributed by atoms with Crippen molar-refractivity contribution < 1.29 is 88.8 Å². The average molecular weight is 1200 g/mol. The standard InChI is InChI=1S/C25H29NO2S.C19H16S.C15H15NO.C10H10.C2H4O.2ClH.K/c26-16-17-27-18-19-28-20-21-29-25(22-10-4-1-5-11-22,23-12-6-2-7-13-23)24-14-8-3-9-15-24;20-19(16-10-4-1-5-11-16,17-12-6-2-7-13-17)18-14-8-3-9-15-18;17-12-11-16-15(13-7-3-1-4-8-13)14-9-5-2-6-10-14;1-2-6-10-8-4-3-7-9(10)5-1;1-2-3-1;;;/h1-15H,16-21,26H2;1-15,20H;1-10,17H,11-12H2;1-3,5-7H,4,8H2;1-2H2;2*1H;/q;;;;;;;+1. The number of halogens is 2. The van der Waals surface area contributed by atoms with Crippen LogP contribution in [0, 0.1) is 0 Å². The molecule has 1 heterocycles. The Hall–Kier alpha value is -4.89. The van der Waals surface area contributed by atoms with Crippen molar-refractivity contribution in [3.8, 4) is 0 Å². The van der Waals surface area contributed by atoms with Crippen molar-refractivity contribution >= 4 is 48.6 Å². The number of aliphatic imine (C=N–C) groups is 1. The van der Waals surface area contributed by atoms with Crippen LogP contribution in [0.3, 0.4) is 0 Å². The van der Waals surface area contributed by atoms with Crippen molar-refractivity contribution in [1.29, 1.82) is 0 Å². The molecule has 4 N–H and O–H groups in total. The van der Waals surface area contributed by atoms with E-state index in [9.17, 15) is 0 Å². The van der Waals surface area contributed by atoms with Gasteiger partial charge in [0.2, 0.25) is 0 Å². The molecule has 0 bridgehead atoms. The summed E-state index contributed by atoms with van der Waals surface area (Å²) in [6.07, 6.45) is 6.87. The van der Waals surface area contributed by atoms with Gasteiger partial charge in [-0.05, 0) is 57.3 Å². The van der Waals surface area contributed by atoms with Crippen LogP contribution in [0.2, 0.25) is 0 Å². The molecule has 0 aromatic heterocycles. The fourth-order valence-electron chi connectivity index (χ4n) is 9.06. The Bertz CT molecular complexity index is 2860. The molecule has 0 atom stereocenters. The molecule has 420 valence electrons. The molecule has 0 radical (unpaired) electrons. The quantitative estimate of drug-likeness (QED) is 0.0189. The molecule has 0 saturated carbocycles. The minimum Gasteiger partial charge on any atom is -1.00 e. The van der Waals surface area contributed by atoms with Gasteiger partial charge in [-0.15, -0.1) is 24.2 Å². The third-order valence-electron chi connectivity index (χ3n) is 12.9. The maximum Gasteiger partial charge on any atom is 1.00 e. The molecule has 1 fully saturated rings. The van der Waals surface area contributed by atoms with Crippen LogP contribution in [0.1, 0.15) is 62.1 Å². The minimum absolute atomic E-state index is 0. The number of thioether (sulfide) groups is 1. The summed E-state index contributed by atoms with van der Waals surface area (Å²) in [5.74, 6) is 0.883. The fourth-order valence-corrected chi connectivity index (χ4v) is 10.9. The Morgan fingerprint density at radius 3 is 1.23 bits per heavy atom. The molecule has 1 aliphatic heterocycles. The van der Waals surface area contributed by atoms with E-state index in [-0.39, 0.29) is 87.6 Å². The van der Waals surface area contributed by atoms with Gasteiger partial charge < -0.3 is 37.5 Å². The van der Waals surface area contributed by atoms with Crippen LogP contribution in [0.5, 0.6) is 0 Å². The number of epoxide rings is 1. The summed E-state index contributed by atoms with van der Waals surface area (Å²) in [4.78, 5) is 4.45. The number of fused-ring (bicyclic) bond motifs is 1. The molecule has 1 saturated heterocycles. The zero-order chi connectivity index (χ0) is 54.9. The van der Waals surface area contributed by atoms with E-state index in [1.165, 1.54) is 57.3 Å². The number of allylic oxidation sites excluding steroid dienone is 1. The van der Waals surface area contributed by atoms with Crippen LogP contribution in [0.25, 0.3) is 6.08 Å². The van der Waals surface area contributed by atoms with Gasteiger partial charge in [0, 0.05) is 16.9 Å². The van der Waals surface area contributed by atoms with Gasteiger partial charge in [-0.25, -0.2) is 0 Å². The van der Waals surface area contributed by atoms with E-state index in [1.807, 2.05) is 90.6 Å². The summed E-state index contributed by atoms with van der Waals surface area (Å²) in [7, 11) is 0. The molecule has 82 heavy (non-hydrogen) atoms. The number of quaternary nitrogens is 1. The number of aryl methyl sites for hydroxylation is 1. The van der Waals surface area contributed by atoms with E-state index >= 15 is 0 Å². The largest absolute Gasteiger partial charge is 1.00 e. The zero-order valence-electron chi connectivity index (χ0n) is 47.0. The van der Waals surface area contributed by atoms with Gasteiger partial charge in [-0.3, -0.25) is 4.99 Å². The smallest absolute Gasteiger partial charge is 1.00 e. The average Bonchev–Trinajstić information content (AvgIpc) is 4.59. The first-order valence-corrected chi connectivity index (χ1v) is 28.7. The third-order valence-corrected chi connectivity index (χ3v) is 15.2. The topological polar surface area (TPSA) is 91.2 Å². The number of rotatable bonds is 19. The molecule has 0 unspecified atom stereocenters. The summed E-state index contributed by atoms with van der Waals surface area (Å²) in [6, 6.07) is 92.2. The van der Waals surface area contributed by atoms with Crippen LogP contribution >= 0.6 is 36.8 Å². The number of hydrogen-bond donors (Lipinski definition) is 3. The number of aliphatic hydroxyl groups is 1. The summed E-state index contributed by atoms with van der Waals surface area (Å²) in [5.41, 5.74) is 17.1. The number of ether oxygens (including phenoxy) is 3. The zero-order valence-corrected chi connectivity index (χ0v) is 53.4. The van der Waals surface area contributed by atoms with Crippen molar-refractivity contribution in [2.45, 2.75) is 22.3 Å². The number of benzene rings is 9. The number of thiol groups is 1. The molecular formula is C71H76Cl2KN2O4S2+. The second-order valence-electron chi connectivity index (χ2n) is 18.5. The molecule has 11 heteroatoms. The van der Waals surface area contributed by atoms with Crippen LogP contribution < -0.4 is 69.5 Å². The molecule has 2 aliphatic rings. The normalized spacial score (nSPS) is 11.5. The molecule has 11 rings (SSSR count). The summed E-state index contributed by atoms with van der Waals surface area (Å²) >= 11 is 7.01. The molecule has 9 aromatic carbocycles. The molecule has 9 aromatic rings. The van der Waals surface area contributed by atoms with Crippen molar-refractivity contribution in [3.63, 3.8) is 0 Å². The Morgan fingerprint density at radius 1 is 0.512 bits per heavy atom.